The Balaban J connectivity index is 1.84. The largest absolute Gasteiger partial charge is 0.497 e. The van der Waals surface area contributed by atoms with Crippen molar-refractivity contribution in [1.29, 1.82) is 0 Å². The van der Waals surface area contributed by atoms with Crippen LogP contribution in [0.2, 0.25) is 5.02 Å². The van der Waals surface area contributed by atoms with Gasteiger partial charge in [-0.15, -0.1) is 0 Å². The van der Waals surface area contributed by atoms with Crippen LogP contribution in [0.3, 0.4) is 0 Å². The molecule has 0 aliphatic heterocycles. The fourth-order valence-corrected chi connectivity index (χ4v) is 2.83. The third-order valence-electron chi connectivity index (χ3n) is 4.08. The van der Waals surface area contributed by atoms with E-state index in [0.29, 0.717) is 27.6 Å². The topological polar surface area (TPSA) is 67.4 Å². The third-order valence-corrected chi connectivity index (χ3v) is 4.32. The maximum Gasteiger partial charge on any atom is 0.253 e. The summed E-state index contributed by atoms with van der Waals surface area (Å²) in [6.45, 7) is 0. The van der Waals surface area contributed by atoms with Crippen LogP contribution in [-0.4, -0.2) is 25.0 Å². The number of amides is 1. The molecule has 3 rings (SSSR count). The van der Waals surface area contributed by atoms with Crippen LogP contribution in [0.4, 0.5) is 5.69 Å². The molecule has 0 fully saturated rings. The summed E-state index contributed by atoms with van der Waals surface area (Å²) >= 11 is 6.03. The highest BCUT2D eigenvalue weighted by atomic mass is 35.5. The second kappa shape index (κ2) is 9.06. The Bertz CT molecular complexity index is 959. The Labute approximate surface area is 168 Å². The lowest BCUT2D eigenvalue weighted by Crippen LogP contribution is -2.46. The van der Waals surface area contributed by atoms with E-state index in [1.54, 1.807) is 79.9 Å². The van der Waals surface area contributed by atoms with Gasteiger partial charge in [-0.05, 0) is 42.5 Å². The molecule has 2 N–H and O–H groups in total. The second-order valence-electron chi connectivity index (χ2n) is 6.02. The van der Waals surface area contributed by atoms with E-state index in [0.717, 1.165) is 0 Å². The first-order valence-electron chi connectivity index (χ1n) is 8.63. The minimum Gasteiger partial charge on any atom is -0.497 e. The fraction of sp³-hybridized carbons (Fsp3) is 0.0909. The molecule has 5 nitrogen and oxygen atoms in total. The van der Waals surface area contributed by atoms with E-state index in [4.69, 9.17) is 16.3 Å². The van der Waals surface area contributed by atoms with Gasteiger partial charge in [0.05, 0.1) is 7.11 Å². The number of benzene rings is 3. The normalized spacial score (nSPS) is 11.4. The first-order valence-corrected chi connectivity index (χ1v) is 9.01. The number of carbonyl (C=O) groups is 2. The molecule has 0 aromatic heterocycles. The monoisotopic (exact) mass is 394 g/mol. The Hall–Kier alpha value is -3.31. The molecule has 6 heteroatoms. The van der Waals surface area contributed by atoms with E-state index < -0.39 is 6.17 Å². The zero-order valence-corrected chi connectivity index (χ0v) is 15.9. The number of rotatable bonds is 7. The van der Waals surface area contributed by atoms with Crippen molar-refractivity contribution < 1.29 is 14.3 Å². The maximum absolute atomic E-state index is 13.0. The average Bonchev–Trinajstić information content (AvgIpc) is 2.73. The molecule has 0 aliphatic rings. The zero-order chi connectivity index (χ0) is 19.9. The zero-order valence-electron chi connectivity index (χ0n) is 15.2. The van der Waals surface area contributed by atoms with Gasteiger partial charge in [-0.25, -0.2) is 0 Å². The number of hydrogen-bond donors (Lipinski definition) is 2. The molecule has 0 radical (unpaired) electrons. The van der Waals surface area contributed by atoms with Crippen LogP contribution in [0.15, 0.2) is 78.9 Å². The molecule has 0 aliphatic carbocycles. The van der Waals surface area contributed by atoms with Crippen LogP contribution in [0.1, 0.15) is 20.7 Å². The van der Waals surface area contributed by atoms with Gasteiger partial charge in [0.2, 0.25) is 5.78 Å². The molecule has 0 spiro atoms. The lowest BCUT2D eigenvalue weighted by Gasteiger charge is -2.20. The molecule has 1 amide bonds. The van der Waals surface area contributed by atoms with Crippen molar-refractivity contribution >= 4 is 29.0 Å². The number of methoxy groups -OCH3 is 1. The Kier molecular flexibility index (Phi) is 6.29. The van der Waals surface area contributed by atoms with Gasteiger partial charge in [0.25, 0.3) is 5.91 Å². The smallest absolute Gasteiger partial charge is 0.253 e. The summed E-state index contributed by atoms with van der Waals surface area (Å²) in [5.41, 5.74) is 1.52. The molecule has 142 valence electrons. The van der Waals surface area contributed by atoms with Crippen LogP contribution in [0.5, 0.6) is 5.75 Å². The number of anilines is 1. The van der Waals surface area contributed by atoms with E-state index in [-0.39, 0.29) is 11.7 Å². The first-order chi connectivity index (χ1) is 13.6. The van der Waals surface area contributed by atoms with Crippen LogP contribution >= 0.6 is 11.6 Å². The summed E-state index contributed by atoms with van der Waals surface area (Å²) in [6, 6.07) is 22.4. The van der Waals surface area contributed by atoms with Gasteiger partial charge in [-0.1, -0.05) is 48.0 Å². The summed E-state index contributed by atoms with van der Waals surface area (Å²) in [4.78, 5) is 25.6. The van der Waals surface area contributed by atoms with Crippen molar-refractivity contribution in [3.63, 3.8) is 0 Å². The summed E-state index contributed by atoms with van der Waals surface area (Å²) < 4.78 is 5.11. The number of ketones is 1. The summed E-state index contributed by atoms with van der Waals surface area (Å²) in [7, 11) is 1.55. The van der Waals surface area contributed by atoms with Gasteiger partial charge < -0.3 is 15.4 Å². The van der Waals surface area contributed by atoms with Crippen LogP contribution in [-0.2, 0) is 0 Å². The van der Waals surface area contributed by atoms with Gasteiger partial charge in [-0.2, -0.15) is 0 Å². The van der Waals surface area contributed by atoms with E-state index in [1.165, 1.54) is 0 Å². The molecule has 28 heavy (non-hydrogen) atoms. The van der Waals surface area contributed by atoms with Crippen LogP contribution < -0.4 is 15.4 Å². The van der Waals surface area contributed by atoms with Gasteiger partial charge in [-0.3, -0.25) is 9.59 Å². The second-order valence-corrected chi connectivity index (χ2v) is 6.46. The minimum absolute atomic E-state index is 0.262. The Morgan fingerprint density at radius 2 is 1.61 bits per heavy atom. The molecule has 0 bridgehead atoms. The average molecular weight is 395 g/mol. The molecular weight excluding hydrogens is 376 g/mol. The lowest BCUT2D eigenvalue weighted by atomic mass is 10.1. The molecule has 3 aromatic carbocycles. The number of nitrogens with one attached hydrogen (secondary N) is 2. The predicted molar refractivity (Wildman–Crippen MR) is 110 cm³/mol. The quantitative estimate of drug-likeness (QED) is 0.460. The fourth-order valence-electron chi connectivity index (χ4n) is 2.64. The third kappa shape index (κ3) is 4.90. The van der Waals surface area contributed by atoms with Crippen LogP contribution in [0.25, 0.3) is 0 Å². The van der Waals surface area contributed by atoms with Crippen molar-refractivity contribution in [2.75, 3.05) is 12.4 Å². The van der Waals surface area contributed by atoms with Gasteiger partial charge >= 0.3 is 0 Å². The number of Topliss-reactive ketones (excluding diaryl/α,β-unsaturated/α-hetero) is 1. The number of hydrogen-bond acceptors (Lipinski definition) is 4. The van der Waals surface area contributed by atoms with Gasteiger partial charge in [0.15, 0.2) is 6.17 Å². The van der Waals surface area contributed by atoms with Gasteiger partial charge in [0, 0.05) is 21.8 Å². The molecule has 0 saturated heterocycles. The van der Waals surface area contributed by atoms with E-state index >= 15 is 0 Å². The molecular formula is C22H19ClN2O3. The van der Waals surface area contributed by atoms with E-state index in [1.807, 2.05) is 6.07 Å². The van der Waals surface area contributed by atoms with Crippen molar-refractivity contribution in [3.8, 4) is 5.75 Å². The van der Waals surface area contributed by atoms with E-state index in [2.05, 4.69) is 10.6 Å². The number of halogens is 1. The summed E-state index contributed by atoms with van der Waals surface area (Å²) in [6.07, 6.45) is -0.963. The minimum atomic E-state index is -0.963. The summed E-state index contributed by atoms with van der Waals surface area (Å²) in [5, 5.41) is 6.33. The van der Waals surface area contributed by atoms with Gasteiger partial charge in [0.1, 0.15) is 5.75 Å². The number of carbonyl (C=O) groups excluding carboxylic acids is 2. The maximum atomic E-state index is 13.0. The van der Waals surface area contributed by atoms with E-state index in [9.17, 15) is 9.59 Å². The van der Waals surface area contributed by atoms with Crippen LogP contribution in [0, 0.1) is 0 Å². The van der Waals surface area contributed by atoms with Crippen molar-refractivity contribution in [3.05, 3.63) is 95.0 Å². The number of ether oxygens (including phenoxy) is 1. The SMILES string of the molecule is COc1ccc(C(=O)N[C@H](Nc2cccc(Cl)c2)C(=O)c2ccccc2)cc1. The standard InChI is InChI=1S/C22H19ClN2O3/c1-28-19-12-10-16(11-13-19)22(27)25-21(20(26)15-6-3-2-4-7-15)24-18-9-5-8-17(23)14-18/h2-14,21,24H,1H3,(H,25,27)/t21-/m0/s1. The molecule has 3 aromatic rings. The highest BCUT2D eigenvalue weighted by Crippen LogP contribution is 2.17. The first kappa shape index (κ1) is 19.5. The highest BCUT2D eigenvalue weighted by molar-refractivity contribution is 6.30. The van der Waals surface area contributed by atoms with Crippen molar-refractivity contribution in [2.24, 2.45) is 0 Å². The van der Waals surface area contributed by atoms with Crippen molar-refractivity contribution in [1.82, 2.24) is 5.32 Å². The molecule has 0 saturated carbocycles. The Morgan fingerprint density at radius 3 is 2.25 bits per heavy atom. The lowest BCUT2D eigenvalue weighted by molar-refractivity contribution is 0.0869. The molecule has 0 unspecified atom stereocenters. The molecule has 0 heterocycles. The highest BCUT2D eigenvalue weighted by Gasteiger charge is 2.22. The Morgan fingerprint density at radius 1 is 0.893 bits per heavy atom. The molecule has 1 atom stereocenters. The predicted octanol–water partition coefficient (Wildman–Crippen LogP) is 4.40. The summed E-state index contributed by atoms with van der Waals surface area (Å²) in [5.74, 6) is -0.000543. The van der Waals surface area contributed by atoms with Crippen molar-refractivity contribution in [2.45, 2.75) is 6.17 Å².